The van der Waals surface area contributed by atoms with E-state index in [0.717, 1.165) is 0 Å². The van der Waals surface area contributed by atoms with Gasteiger partial charge in [0.2, 0.25) is 5.91 Å². The molecule has 1 amide bonds. The molecule has 102 valence electrons. The van der Waals surface area contributed by atoms with Gasteiger partial charge in [-0.05, 0) is 26.7 Å². The summed E-state index contributed by atoms with van der Waals surface area (Å²) in [6.07, 6.45) is 0.683. The number of nitrogens with zero attached hydrogens (tertiary/aromatic N) is 1. The summed E-state index contributed by atoms with van der Waals surface area (Å²) in [4.78, 5) is 44.2. The Morgan fingerprint density at radius 3 is 1.89 bits per heavy atom. The van der Waals surface area contributed by atoms with Crippen LogP contribution in [0.15, 0.2) is 0 Å². The number of unbranched alkanes of at least 4 members (excludes halogenated alkanes) is 1. The van der Waals surface area contributed by atoms with E-state index in [2.05, 4.69) is 0 Å². The minimum Gasteiger partial charge on any atom is -0.481 e. The zero-order chi connectivity index (χ0) is 14.3. The third-order valence-electron chi connectivity index (χ3n) is 2.37. The number of rotatable bonds is 8. The van der Waals surface area contributed by atoms with E-state index < -0.39 is 29.5 Å². The molecule has 7 nitrogen and oxygen atoms in total. The lowest BCUT2D eigenvalue weighted by Gasteiger charge is -2.23. The Hall–Kier alpha value is -1.76. The van der Waals surface area contributed by atoms with E-state index in [4.69, 9.17) is 10.9 Å². The summed E-state index contributed by atoms with van der Waals surface area (Å²) in [5, 5.41) is 9.04. The van der Waals surface area contributed by atoms with Crippen molar-refractivity contribution in [1.82, 2.24) is 5.01 Å². The Bertz CT molecular complexity index is 339. The van der Waals surface area contributed by atoms with Gasteiger partial charge in [-0.2, -0.15) is 0 Å². The molecule has 0 atom stereocenters. The lowest BCUT2D eigenvalue weighted by atomic mass is 10.1. The SMILES string of the molecule is CC(=O)C(C(C)=O)N(N)C(=O)CCCCC(=O)O. The molecule has 0 saturated carbocycles. The molecular weight excluding hydrogens is 240 g/mol. The molecule has 0 aromatic heterocycles. The quantitative estimate of drug-likeness (QED) is 0.206. The number of hydrogen-bond donors (Lipinski definition) is 2. The summed E-state index contributed by atoms with van der Waals surface area (Å²) < 4.78 is 0. The molecule has 3 N–H and O–H groups in total. The number of aliphatic carboxylic acids is 1. The van der Waals surface area contributed by atoms with E-state index in [1.165, 1.54) is 13.8 Å². The number of carboxylic acid groups (broad SMARTS) is 1. The molecule has 18 heavy (non-hydrogen) atoms. The average molecular weight is 258 g/mol. The van der Waals surface area contributed by atoms with Gasteiger partial charge in [0.1, 0.15) is 0 Å². The summed E-state index contributed by atoms with van der Waals surface area (Å²) in [7, 11) is 0. The fourth-order valence-corrected chi connectivity index (χ4v) is 1.50. The van der Waals surface area contributed by atoms with Gasteiger partial charge < -0.3 is 5.11 Å². The normalized spacial score (nSPS) is 10.2. The number of nitrogens with two attached hydrogens (primary N) is 1. The van der Waals surface area contributed by atoms with Crippen LogP contribution in [0.4, 0.5) is 0 Å². The molecule has 0 rings (SSSR count). The highest BCUT2D eigenvalue weighted by Crippen LogP contribution is 2.05. The zero-order valence-corrected chi connectivity index (χ0v) is 10.5. The zero-order valence-electron chi connectivity index (χ0n) is 10.5. The molecule has 0 radical (unpaired) electrons. The number of carbonyl (C=O) groups is 4. The minimum atomic E-state index is -1.25. The fraction of sp³-hybridized carbons (Fsp3) is 0.636. The number of carboxylic acids is 1. The van der Waals surface area contributed by atoms with Gasteiger partial charge in [0.25, 0.3) is 0 Å². The summed E-state index contributed by atoms with van der Waals surface area (Å²) in [6.45, 7) is 2.37. The molecule has 0 spiro atoms. The van der Waals surface area contributed by atoms with Crippen molar-refractivity contribution in [2.24, 2.45) is 5.84 Å². The van der Waals surface area contributed by atoms with Crippen LogP contribution in [-0.2, 0) is 19.2 Å². The molecule has 0 unspecified atom stereocenters. The van der Waals surface area contributed by atoms with Crippen molar-refractivity contribution in [2.75, 3.05) is 0 Å². The van der Waals surface area contributed by atoms with Crippen LogP contribution in [-0.4, -0.2) is 39.6 Å². The Labute approximate surface area is 105 Å². The summed E-state index contributed by atoms with van der Waals surface area (Å²) >= 11 is 0. The highest BCUT2D eigenvalue weighted by Gasteiger charge is 2.28. The van der Waals surface area contributed by atoms with Gasteiger partial charge in [0, 0.05) is 12.8 Å². The number of carbonyl (C=O) groups excluding carboxylic acids is 3. The van der Waals surface area contributed by atoms with Gasteiger partial charge in [0.15, 0.2) is 17.6 Å². The Morgan fingerprint density at radius 1 is 1.06 bits per heavy atom. The highest BCUT2D eigenvalue weighted by molar-refractivity contribution is 6.06. The van der Waals surface area contributed by atoms with Crippen molar-refractivity contribution in [3.8, 4) is 0 Å². The van der Waals surface area contributed by atoms with Gasteiger partial charge in [-0.15, -0.1) is 0 Å². The number of Topliss-reactive ketones (excluding diaryl/α,β-unsaturated/α-hetero) is 2. The first-order valence-corrected chi connectivity index (χ1v) is 5.56. The van der Waals surface area contributed by atoms with E-state index >= 15 is 0 Å². The van der Waals surface area contributed by atoms with Crippen LogP contribution in [0.3, 0.4) is 0 Å². The molecule has 0 saturated heterocycles. The molecule has 0 aliphatic heterocycles. The molecule has 0 aliphatic rings. The van der Waals surface area contributed by atoms with Crippen LogP contribution in [0.25, 0.3) is 0 Å². The van der Waals surface area contributed by atoms with Gasteiger partial charge in [-0.3, -0.25) is 24.2 Å². The molecule has 0 heterocycles. The second kappa shape index (κ2) is 7.54. The number of hydrogen-bond acceptors (Lipinski definition) is 5. The number of hydrazine groups is 1. The molecule has 0 aromatic carbocycles. The first-order chi connectivity index (χ1) is 8.27. The second-order valence-electron chi connectivity index (χ2n) is 4.03. The average Bonchev–Trinajstić information content (AvgIpc) is 2.22. The van der Waals surface area contributed by atoms with Crippen LogP contribution >= 0.6 is 0 Å². The Morgan fingerprint density at radius 2 is 1.50 bits per heavy atom. The third kappa shape index (κ3) is 5.53. The summed E-state index contributed by atoms with van der Waals surface area (Å²) in [6, 6.07) is -1.25. The van der Waals surface area contributed by atoms with Gasteiger partial charge >= 0.3 is 5.97 Å². The molecular formula is C11H18N2O5. The van der Waals surface area contributed by atoms with Crippen molar-refractivity contribution < 1.29 is 24.3 Å². The van der Waals surface area contributed by atoms with Crippen molar-refractivity contribution in [1.29, 1.82) is 0 Å². The van der Waals surface area contributed by atoms with E-state index in [1.807, 2.05) is 0 Å². The molecule has 0 fully saturated rings. The van der Waals surface area contributed by atoms with Crippen LogP contribution in [0, 0.1) is 0 Å². The van der Waals surface area contributed by atoms with E-state index in [1.54, 1.807) is 0 Å². The van der Waals surface area contributed by atoms with Crippen molar-refractivity contribution in [3.63, 3.8) is 0 Å². The maximum atomic E-state index is 11.6. The topological polar surface area (TPSA) is 118 Å². The molecule has 0 aromatic rings. The number of amides is 1. The monoisotopic (exact) mass is 258 g/mol. The minimum absolute atomic E-state index is 0.0147. The number of ketones is 2. The van der Waals surface area contributed by atoms with E-state index in [-0.39, 0.29) is 12.8 Å². The van der Waals surface area contributed by atoms with Crippen molar-refractivity contribution in [3.05, 3.63) is 0 Å². The second-order valence-corrected chi connectivity index (χ2v) is 4.03. The van der Waals surface area contributed by atoms with Crippen LogP contribution < -0.4 is 5.84 Å². The van der Waals surface area contributed by atoms with Gasteiger partial charge in [0.05, 0.1) is 0 Å². The largest absolute Gasteiger partial charge is 0.481 e. The first-order valence-electron chi connectivity index (χ1n) is 5.56. The van der Waals surface area contributed by atoms with E-state index in [9.17, 15) is 19.2 Å². The Kier molecular flexibility index (Phi) is 6.81. The van der Waals surface area contributed by atoms with Crippen molar-refractivity contribution in [2.45, 2.75) is 45.6 Å². The first kappa shape index (κ1) is 16.2. The molecule has 0 bridgehead atoms. The van der Waals surface area contributed by atoms with Crippen LogP contribution in [0.2, 0.25) is 0 Å². The molecule has 7 heteroatoms. The molecule has 0 aliphatic carbocycles. The maximum Gasteiger partial charge on any atom is 0.303 e. The lowest BCUT2D eigenvalue weighted by Crippen LogP contribution is -2.52. The summed E-state index contributed by atoms with van der Waals surface area (Å²) in [5.41, 5.74) is 0. The smallest absolute Gasteiger partial charge is 0.303 e. The fourth-order valence-electron chi connectivity index (χ4n) is 1.50. The van der Waals surface area contributed by atoms with Crippen LogP contribution in [0.1, 0.15) is 39.5 Å². The van der Waals surface area contributed by atoms with E-state index in [0.29, 0.717) is 17.9 Å². The standard InChI is InChI=1S/C11H18N2O5/c1-7(14)11(8(2)15)13(12)9(16)5-3-4-6-10(17)18/h11H,3-6,12H2,1-2H3,(H,17,18). The predicted molar refractivity (Wildman–Crippen MR) is 62.3 cm³/mol. The lowest BCUT2D eigenvalue weighted by molar-refractivity contribution is -0.144. The maximum absolute atomic E-state index is 11.6. The van der Waals surface area contributed by atoms with Gasteiger partial charge in [-0.1, -0.05) is 0 Å². The summed E-state index contributed by atoms with van der Waals surface area (Å²) in [5.74, 6) is 2.96. The van der Waals surface area contributed by atoms with Crippen molar-refractivity contribution >= 4 is 23.4 Å². The van der Waals surface area contributed by atoms with Gasteiger partial charge in [-0.25, -0.2) is 5.84 Å². The Balaban J connectivity index is 4.27. The van der Waals surface area contributed by atoms with Crippen LogP contribution in [0.5, 0.6) is 0 Å². The predicted octanol–water partition coefficient (Wildman–Crippen LogP) is -0.120. The third-order valence-corrected chi connectivity index (χ3v) is 2.37. The highest BCUT2D eigenvalue weighted by atomic mass is 16.4.